The fourth-order valence-electron chi connectivity index (χ4n) is 0.703. The van der Waals surface area contributed by atoms with Crippen LogP contribution in [0.25, 0.3) is 0 Å². The number of aromatic nitrogens is 1. The molecule has 1 heterocycles. The lowest BCUT2D eigenvalue weighted by atomic mass is 10.3. The molecule has 1 aromatic heterocycles. The van der Waals surface area contributed by atoms with Crippen molar-refractivity contribution in [3.63, 3.8) is 0 Å². The molecule has 54 valence electrons. The third-order valence-electron chi connectivity index (χ3n) is 1.16. The van der Waals surface area contributed by atoms with Gasteiger partial charge in [0.2, 0.25) is 0 Å². The highest BCUT2D eigenvalue weighted by Gasteiger charge is 1.87. The van der Waals surface area contributed by atoms with E-state index in [1.165, 1.54) is 0 Å². The van der Waals surface area contributed by atoms with Crippen LogP contribution in [0.1, 0.15) is 5.56 Å². The van der Waals surface area contributed by atoms with Crippen LogP contribution in [-0.4, -0.2) is 16.8 Å². The van der Waals surface area contributed by atoms with Gasteiger partial charge >= 0.3 is 0 Å². The van der Waals surface area contributed by atoms with E-state index < -0.39 is 0 Å². The predicted molar refractivity (Wildman–Crippen MR) is 38.2 cm³/mol. The zero-order chi connectivity index (χ0) is 7.23. The SMILES string of the molecule is OCNCc1cccnc1. The van der Waals surface area contributed by atoms with E-state index in [1.54, 1.807) is 12.4 Å². The molecule has 0 spiro atoms. The van der Waals surface area contributed by atoms with Crippen molar-refractivity contribution in [2.24, 2.45) is 0 Å². The quantitative estimate of drug-likeness (QED) is 0.583. The van der Waals surface area contributed by atoms with Crippen molar-refractivity contribution in [1.82, 2.24) is 10.3 Å². The van der Waals surface area contributed by atoms with Gasteiger partial charge in [-0.25, -0.2) is 0 Å². The van der Waals surface area contributed by atoms with Crippen LogP contribution in [0.5, 0.6) is 0 Å². The molecule has 0 saturated carbocycles. The van der Waals surface area contributed by atoms with Crippen molar-refractivity contribution < 1.29 is 5.11 Å². The molecular weight excluding hydrogens is 128 g/mol. The van der Waals surface area contributed by atoms with Gasteiger partial charge in [0.15, 0.2) is 0 Å². The zero-order valence-corrected chi connectivity index (χ0v) is 5.62. The number of aliphatic hydroxyl groups is 1. The molecule has 0 fully saturated rings. The average Bonchev–Trinajstić information content (AvgIpc) is 2.03. The lowest BCUT2D eigenvalue weighted by molar-refractivity contribution is 0.259. The molecule has 0 atom stereocenters. The Balaban J connectivity index is 2.43. The molecule has 0 aliphatic heterocycles. The Morgan fingerprint density at radius 1 is 1.60 bits per heavy atom. The largest absolute Gasteiger partial charge is 0.381 e. The minimum Gasteiger partial charge on any atom is -0.381 e. The van der Waals surface area contributed by atoms with Gasteiger partial charge in [0.05, 0.1) is 6.73 Å². The summed E-state index contributed by atoms with van der Waals surface area (Å²) in [5.41, 5.74) is 1.08. The summed E-state index contributed by atoms with van der Waals surface area (Å²) in [5, 5.41) is 11.2. The maximum atomic E-state index is 8.40. The maximum absolute atomic E-state index is 8.40. The monoisotopic (exact) mass is 138 g/mol. The Labute approximate surface area is 59.7 Å². The van der Waals surface area contributed by atoms with Gasteiger partial charge in [0.25, 0.3) is 0 Å². The van der Waals surface area contributed by atoms with Crippen LogP contribution >= 0.6 is 0 Å². The lowest BCUT2D eigenvalue weighted by Gasteiger charge is -1.98. The first-order valence-corrected chi connectivity index (χ1v) is 3.14. The van der Waals surface area contributed by atoms with Crippen molar-refractivity contribution in [1.29, 1.82) is 0 Å². The van der Waals surface area contributed by atoms with Gasteiger partial charge in [-0.2, -0.15) is 0 Å². The summed E-state index contributed by atoms with van der Waals surface area (Å²) in [6, 6.07) is 3.82. The molecule has 2 N–H and O–H groups in total. The third-order valence-corrected chi connectivity index (χ3v) is 1.16. The highest BCUT2D eigenvalue weighted by atomic mass is 16.3. The summed E-state index contributed by atoms with van der Waals surface area (Å²) < 4.78 is 0. The molecule has 3 nitrogen and oxygen atoms in total. The third kappa shape index (κ3) is 2.13. The molecule has 1 aromatic rings. The Morgan fingerprint density at radius 3 is 3.10 bits per heavy atom. The smallest absolute Gasteiger partial charge is 0.0934 e. The second kappa shape index (κ2) is 3.98. The van der Waals surface area contributed by atoms with E-state index in [2.05, 4.69) is 10.3 Å². The fraction of sp³-hybridized carbons (Fsp3) is 0.286. The second-order valence-electron chi connectivity index (χ2n) is 1.95. The number of rotatable bonds is 3. The normalized spacial score (nSPS) is 9.70. The first kappa shape index (κ1) is 7.18. The number of aliphatic hydroxyl groups excluding tert-OH is 1. The summed E-state index contributed by atoms with van der Waals surface area (Å²) in [7, 11) is 0. The second-order valence-corrected chi connectivity index (χ2v) is 1.95. The molecule has 1 rings (SSSR count). The number of nitrogens with zero attached hydrogens (tertiary/aromatic N) is 1. The topological polar surface area (TPSA) is 45.1 Å². The fourth-order valence-corrected chi connectivity index (χ4v) is 0.703. The van der Waals surface area contributed by atoms with Gasteiger partial charge in [-0.1, -0.05) is 6.07 Å². The van der Waals surface area contributed by atoms with E-state index in [1.807, 2.05) is 12.1 Å². The molecule has 3 heteroatoms. The van der Waals surface area contributed by atoms with Gasteiger partial charge in [-0.15, -0.1) is 0 Å². The van der Waals surface area contributed by atoms with Crippen LogP contribution < -0.4 is 5.32 Å². The minimum atomic E-state index is 0.00882. The predicted octanol–water partition coefficient (Wildman–Crippen LogP) is 0.121. The molecular formula is C7H10N2O. The number of pyridine rings is 1. The van der Waals surface area contributed by atoms with Crippen molar-refractivity contribution in [3.8, 4) is 0 Å². The summed E-state index contributed by atoms with van der Waals surface area (Å²) in [6.07, 6.45) is 3.49. The van der Waals surface area contributed by atoms with E-state index in [4.69, 9.17) is 5.11 Å². The molecule has 0 radical (unpaired) electrons. The van der Waals surface area contributed by atoms with E-state index in [-0.39, 0.29) is 6.73 Å². The summed E-state index contributed by atoms with van der Waals surface area (Å²) in [4.78, 5) is 3.92. The highest BCUT2D eigenvalue weighted by molar-refractivity contribution is 5.07. The van der Waals surface area contributed by atoms with Gasteiger partial charge < -0.3 is 5.11 Å². The van der Waals surface area contributed by atoms with E-state index in [0.29, 0.717) is 6.54 Å². The van der Waals surface area contributed by atoms with E-state index >= 15 is 0 Å². The Morgan fingerprint density at radius 2 is 2.50 bits per heavy atom. The Kier molecular flexibility index (Phi) is 2.86. The van der Waals surface area contributed by atoms with Crippen molar-refractivity contribution >= 4 is 0 Å². The highest BCUT2D eigenvalue weighted by Crippen LogP contribution is 1.92. The van der Waals surface area contributed by atoms with Crippen LogP contribution in [0.3, 0.4) is 0 Å². The number of nitrogens with one attached hydrogen (secondary N) is 1. The average molecular weight is 138 g/mol. The van der Waals surface area contributed by atoms with Gasteiger partial charge in [0, 0.05) is 18.9 Å². The van der Waals surface area contributed by atoms with Crippen molar-refractivity contribution in [2.45, 2.75) is 6.54 Å². The number of hydrogen-bond donors (Lipinski definition) is 2. The summed E-state index contributed by atoms with van der Waals surface area (Å²) in [5.74, 6) is 0. The standard InChI is InChI=1S/C7H10N2O/c10-6-9-5-7-2-1-3-8-4-7/h1-4,9-10H,5-6H2. The van der Waals surface area contributed by atoms with Crippen LogP contribution in [0.4, 0.5) is 0 Å². The van der Waals surface area contributed by atoms with Gasteiger partial charge in [-0.05, 0) is 11.6 Å². The number of hydrogen-bond acceptors (Lipinski definition) is 3. The summed E-state index contributed by atoms with van der Waals surface area (Å²) in [6.45, 7) is 0.680. The lowest BCUT2D eigenvalue weighted by Crippen LogP contribution is -2.13. The maximum Gasteiger partial charge on any atom is 0.0934 e. The molecule has 0 aliphatic rings. The zero-order valence-electron chi connectivity index (χ0n) is 5.62. The van der Waals surface area contributed by atoms with Gasteiger partial charge in [-0.3, -0.25) is 10.3 Å². The van der Waals surface area contributed by atoms with Crippen LogP contribution in [-0.2, 0) is 6.54 Å². The Bertz CT molecular complexity index is 176. The van der Waals surface area contributed by atoms with E-state index in [9.17, 15) is 0 Å². The van der Waals surface area contributed by atoms with Crippen molar-refractivity contribution in [2.75, 3.05) is 6.73 Å². The molecule has 0 saturated heterocycles. The van der Waals surface area contributed by atoms with Crippen LogP contribution in [0.15, 0.2) is 24.5 Å². The molecule has 10 heavy (non-hydrogen) atoms. The summed E-state index contributed by atoms with van der Waals surface area (Å²) >= 11 is 0. The molecule has 0 aromatic carbocycles. The van der Waals surface area contributed by atoms with Crippen LogP contribution in [0.2, 0.25) is 0 Å². The first-order chi connectivity index (χ1) is 4.93. The molecule has 0 unspecified atom stereocenters. The Hall–Kier alpha value is -0.930. The molecule has 0 amide bonds. The minimum absolute atomic E-state index is 0.00882. The first-order valence-electron chi connectivity index (χ1n) is 3.14. The molecule has 0 aliphatic carbocycles. The molecule has 0 bridgehead atoms. The van der Waals surface area contributed by atoms with E-state index in [0.717, 1.165) is 5.56 Å². The van der Waals surface area contributed by atoms with Crippen molar-refractivity contribution in [3.05, 3.63) is 30.1 Å². The van der Waals surface area contributed by atoms with Gasteiger partial charge in [0.1, 0.15) is 0 Å². The van der Waals surface area contributed by atoms with Crippen LogP contribution in [0, 0.1) is 0 Å².